The van der Waals surface area contributed by atoms with Gasteiger partial charge in [0.1, 0.15) is 0 Å². The Bertz CT molecular complexity index is 649. The zero-order valence-electron chi connectivity index (χ0n) is 14.4. The van der Waals surface area contributed by atoms with Crippen molar-refractivity contribution in [3.05, 3.63) is 91.0 Å². The van der Waals surface area contributed by atoms with Crippen LogP contribution in [0.15, 0.2) is 91.0 Å². The van der Waals surface area contributed by atoms with Gasteiger partial charge in [-0.25, -0.2) is 0 Å². The standard InChI is InChI=1S/3C6H5.C4H8O2.Pb/c3*1-2-4-6-5-3-1;1-2-3-4(5)6;/h3*1-5H;2-3H2,1H3,(H,5,6);/q;;;;+1/p-1. The van der Waals surface area contributed by atoms with Gasteiger partial charge in [0.25, 0.3) is 0 Å². The number of aliphatic carboxylic acids is 1. The van der Waals surface area contributed by atoms with E-state index >= 15 is 0 Å². The van der Waals surface area contributed by atoms with Crippen molar-refractivity contribution in [2.75, 3.05) is 0 Å². The van der Waals surface area contributed by atoms with Gasteiger partial charge in [-0.3, -0.25) is 0 Å². The third kappa shape index (κ3) is 6.46. The fraction of sp³-hybridized carbons (Fsp3) is 0.136. The Balaban J connectivity index is 0.000000326. The molecule has 0 saturated heterocycles. The summed E-state index contributed by atoms with van der Waals surface area (Å²) in [5, 5.41) is 9.49. The van der Waals surface area contributed by atoms with Gasteiger partial charge in [-0.15, -0.1) is 0 Å². The van der Waals surface area contributed by atoms with Gasteiger partial charge >= 0.3 is 123 Å². The maximum absolute atomic E-state index is 9.49. The summed E-state index contributed by atoms with van der Waals surface area (Å²) in [6.07, 6.45) is 0.850. The second kappa shape index (κ2) is 10.8. The van der Waals surface area contributed by atoms with Crippen molar-refractivity contribution in [3.63, 3.8) is 0 Å². The van der Waals surface area contributed by atoms with Crippen LogP contribution in [0.25, 0.3) is 0 Å². The summed E-state index contributed by atoms with van der Waals surface area (Å²) in [5.41, 5.74) is 0. The van der Waals surface area contributed by atoms with E-state index in [0.717, 1.165) is 0 Å². The topological polar surface area (TPSA) is 40.1 Å². The van der Waals surface area contributed by atoms with E-state index in [1.807, 2.05) is 0 Å². The fourth-order valence-electron chi connectivity index (χ4n) is 2.52. The SMILES string of the molecule is CCCC(=O)[O-].c1cc[c]([Pb+]([c]2ccccc2)[c]2ccccc2)cc1. The van der Waals surface area contributed by atoms with Crippen LogP contribution in [-0.2, 0) is 4.79 Å². The molecular weight excluding hydrogens is 503 g/mol. The zero-order valence-corrected chi connectivity index (χ0v) is 18.3. The van der Waals surface area contributed by atoms with E-state index in [2.05, 4.69) is 91.0 Å². The molecule has 0 atom stereocenters. The molecule has 0 bridgehead atoms. The number of hydrogen-bond acceptors (Lipinski definition) is 2. The first kappa shape index (κ1) is 19.4. The number of hydrogen-bond donors (Lipinski definition) is 0. The van der Waals surface area contributed by atoms with E-state index in [9.17, 15) is 9.90 Å². The van der Waals surface area contributed by atoms with E-state index in [1.54, 1.807) is 16.3 Å². The number of carboxylic acids is 1. The van der Waals surface area contributed by atoms with E-state index in [1.165, 1.54) is 0 Å². The number of carbonyl (C=O) groups excluding carboxylic acids is 1. The molecular formula is C22H22O2Pb. The van der Waals surface area contributed by atoms with Crippen LogP contribution < -0.4 is 14.5 Å². The Morgan fingerprint density at radius 3 is 1.24 bits per heavy atom. The Morgan fingerprint density at radius 2 is 1.04 bits per heavy atom. The van der Waals surface area contributed by atoms with Crippen molar-refractivity contribution in [2.24, 2.45) is 0 Å². The summed E-state index contributed by atoms with van der Waals surface area (Å²) in [4.78, 5) is 9.49. The minimum absolute atomic E-state index is 0.181. The summed E-state index contributed by atoms with van der Waals surface area (Å²) < 4.78 is 4.64. The molecule has 3 aromatic carbocycles. The Kier molecular flexibility index (Phi) is 8.39. The molecule has 0 unspecified atom stereocenters. The minimum atomic E-state index is -2.17. The normalized spacial score (nSPS) is 9.64. The van der Waals surface area contributed by atoms with Crippen molar-refractivity contribution < 1.29 is 9.90 Å². The molecule has 0 N–H and O–H groups in total. The summed E-state index contributed by atoms with van der Waals surface area (Å²) in [6.45, 7) is 1.80. The van der Waals surface area contributed by atoms with Crippen molar-refractivity contribution in [2.45, 2.75) is 19.8 Å². The molecule has 0 radical (unpaired) electrons. The number of carbonyl (C=O) groups is 1. The summed E-state index contributed by atoms with van der Waals surface area (Å²) in [7, 11) is 0. The Hall–Kier alpha value is -1.95. The first-order chi connectivity index (χ1) is 12.2. The van der Waals surface area contributed by atoms with Crippen LogP contribution in [-0.4, -0.2) is 28.7 Å². The van der Waals surface area contributed by atoms with Gasteiger partial charge in [-0.05, 0) is 6.42 Å². The van der Waals surface area contributed by atoms with Gasteiger partial charge in [-0.1, -0.05) is 13.3 Å². The monoisotopic (exact) mass is 526 g/mol. The molecule has 25 heavy (non-hydrogen) atoms. The molecule has 3 aromatic rings. The molecule has 3 heteroatoms. The van der Waals surface area contributed by atoms with Crippen molar-refractivity contribution >= 4 is 38.0 Å². The van der Waals surface area contributed by atoms with Crippen molar-refractivity contribution in [1.82, 2.24) is 0 Å². The van der Waals surface area contributed by atoms with Crippen LogP contribution in [0.1, 0.15) is 19.8 Å². The molecule has 0 aliphatic carbocycles. The van der Waals surface area contributed by atoms with Crippen LogP contribution in [0, 0.1) is 0 Å². The average molecular weight is 526 g/mol. The molecule has 3 rings (SSSR count). The van der Waals surface area contributed by atoms with Gasteiger partial charge in [0, 0.05) is 5.97 Å². The average Bonchev–Trinajstić information content (AvgIpc) is 2.65. The zero-order chi connectivity index (χ0) is 17.9. The first-order valence-corrected chi connectivity index (χ1v) is 14.3. The molecule has 0 heterocycles. The van der Waals surface area contributed by atoms with Gasteiger partial charge in [0.2, 0.25) is 0 Å². The third-order valence-corrected chi connectivity index (χ3v) is 14.3. The third-order valence-electron chi connectivity index (χ3n) is 3.64. The van der Waals surface area contributed by atoms with E-state index in [4.69, 9.17) is 0 Å². The van der Waals surface area contributed by atoms with E-state index in [-0.39, 0.29) is 6.42 Å². The summed E-state index contributed by atoms with van der Waals surface area (Å²) >= 11 is -2.17. The van der Waals surface area contributed by atoms with Gasteiger partial charge < -0.3 is 9.90 Å². The number of carboxylic acid groups (broad SMARTS) is 1. The molecule has 0 fully saturated rings. The maximum atomic E-state index is 9.49. The van der Waals surface area contributed by atoms with Gasteiger partial charge in [0.15, 0.2) is 0 Å². The van der Waals surface area contributed by atoms with Crippen molar-refractivity contribution in [3.8, 4) is 0 Å². The van der Waals surface area contributed by atoms with Crippen LogP contribution in [0.4, 0.5) is 0 Å². The first-order valence-electron chi connectivity index (χ1n) is 8.45. The Labute approximate surface area is 158 Å². The van der Waals surface area contributed by atoms with E-state index < -0.39 is 28.7 Å². The molecule has 0 spiro atoms. The summed E-state index contributed by atoms with van der Waals surface area (Å²) in [6, 6.07) is 33.0. The van der Waals surface area contributed by atoms with Crippen LogP contribution in [0.5, 0.6) is 0 Å². The molecule has 0 aliphatic rings. The molecule has 0 aromatic heterocycles. The van der Waals surface area contributed by atoms with Crippen LogP contribution in [0.3, 0.4) is 0 Å². The van der Waals surface area contributed by atoms with Crippen molar-refractivity contribution in [1.29, 1.82) is 0 Å². The second-order valence-electron chi connectivity index (χ2n) is 5.60. The molecule has 0 saturated carbocycles. The quantitative estimate of drug-likeness (QED) is 0.477. The number of benzene rings is 3. The Morgan fingerprint density at radius 1 is 0.720 bits per heavy atom. The van der Waals surface area contributed by atoms with Gasteiger partial charge in [0.05, 0.1) is 0 Å². The van der Waals surface area contributed by atoms with Crippen LogP contribution >= 0.6 is 0 Å². The molecule has 126 valence electrons. The summed E-state index contributed by atoms with van der Waals surface area (Å²) in [5.74, 6) is -0.961. The fourth-order valence-corrected chi connectivity index (χ4v) is 12.5. The number of rotatable bonds is 5. The molecule has 0 amide bonds. The second-order valence-corrected chi connectivity index (χ2v) is 15.2. The predicted octanol–water partition coefficient (Wildman–Crippen LogP) is 1.74. The predicted molar refractivity (Wildman–Crippen MR) is 104 cm³/mol. The van der Waals surface area contributed by atoms with E-state index in [0.29, 0.717) is 6.42 Å². The van der Waals surface area contributed by atoms with Gasteiger partial charge in [-0.2, -0.15) is 0 Å². The molecule has 0 aliphatic heterocycles. The molecule has 2 nitrogen and oxygen atoms in total. The van der Waals surface area contributed by atoms with Crippen LogP contribution in [0.2, 0.25) is 0 Å².